The van der Waals surface area contributed by atoms with E-state index in [1.54, 1.807) is 0 Å². The number of Topliss-reactive ketones (excluding diaryl/α,β-unsaturated/α-hetero) is 1. The van der Waals surface area contributed by atoms with Gasteiger partial charge in [-0.05, 0) is 29.0 Å². The summed E-state index contributed by atoms with van der Waals surface area (Å²) in [5.74, 6) is 0.173. The molecule has 0 unspecified atom stereocenters. The van der Waals surface area contributed by atoms with Gasteiger partial charge in [0.1, 0.15) is 0 Å². The fraction of sp³-hybridized carbons (Fsp3) is 0.368. The van der Waals surface area contributed by atoms with Gasteiger partial charge in [-0.25, -0.2) is 0 Å². The summed E-state index contributed by atoms with van der Waals surface area (Å²) in [5.41, 5.74) is 2.40. The van der Waals surface area contributed by atoms with E-state index in [-0.39, 0.29) is 23.7 Å². The molecule has 0 radical (unpaired) electrons. The number of ether oxygens (including phenoxy) is 1. The maximum atomic E-state index is 13.0. The summed E-state index contributed by atoms with van der Waals surface area (Å²) in [4.78, 5) is 28.0. The quantitative estimate of drug-likeness (QED) is 0.804. The molecule has 1 aromatic carbocycles. The third-order valence-corrected chi connectivity index (χ3v) is 5.79. The van der Waals surface area contributed by atoms with Crippen molar-refractivity contribution in [2.24, 2.45) is 0 Å². The molecule has 0 N–H and O–H groups in total. The van der Waals surface area contributed by atoms with Gasteiger partial charge in [0.2, 0.25) is 5.91 Å². The Morgan fingerprint density at radius 2 is 2.08 bits per heavy atom. The normalized spacial score (nSPS) is 22.6. The second kappa shape index (κ2) is 6.49. The lowest BCUT2D eigenvalue weighted by atomic mass is 9.76. The number of hydrogen-bond donors (Lipinski definition) is 0. The second-order valence-electron chi connectivity index (χ2n) is 6.32. The Bertz CT molecular complexity index is 756. The zero-order valence-electron chi connectivity index (χ0n) is 13.3. The number of nitrogens with zero attached hydrogens (tertiary/aromatic N) is 1. The van der Waals surface area contributed by atoms with Gasteiger partial charge in [-0.2, -0.15) is 0 Å². The minimum Gasteiger partial charge on any atom is -0.377 e. The van der Waals surface area contributed by atoms with Crippen molar-refractivity contribution in [3.63, 3.8) is 0 Å². The fourth-order valence-electron chi connectivity index (χ4n) is 3.55. The Labute approximate surface area is 145 Å². The van der Waals surface area contributed by atoms with Gasteiger partial charge in [0.05, 0.1) is 30.1 Å². The molecule has 0 saturated carbocycles. The first-order chi connectivity index (χ1) is 11.7. The molecule has 2 aromatic rings. The summed E-state index contributed by atoms with van der Waals surface area (Å²) in [6, 6.07) is 11.7. The average molecular weight is 341 g/mol. The minimum atomic E-state index is -0.159. The Morgan fingerprint density at radius 1 is 1.21 bits per heavy atom. The Hall–Kier alpha value is -1.98. The molecule has 2 aliphatic rings. The lowest BCUT2D eigenvalue weighted by molar-refractivity contribution is -0.141. The van der Waals surface area contributed by atoms with Crippen LogP contribution in [-0.4, -0.2) is 42.4 Å². The molecule has 0 bridgehead atoms. The van der Waals surface area contributed by atoms with Gasteiger partial charge >= 0.3 is 0 Å². The molecule has 2 heterocycles. The van der Waals surface area contributed by atoms with Crippen molar-refractivity contribution in [3.8, 4) is 0 Å². The maximum Gasteiger partial charge on any atom is 0.230 e. The highest BCUT2D eigenvalue weighted by atomic mass is 32.1. The van der Waals surface area contributed by atoms with E-state index in [0.717, 1.165) is 16.9 Å². The number of fused-ring (bicyclic) bond motifs is 1. The molecule has 4 rings (SSSR count). The van der Waals surface area contributed by atoms with Crippen LogP contribution < -0.4 is 0 Å². The summed E-state index contributed by atoms with van der Waals surface area (Å²) in [7, 11) is 0. The number of carbonyl (C=O) groups excluding carboxylic acids is 2. The number of ketones is 1. The van der Waals surface area contributed by atoms with Crippen molar-refractivity contribution in [2.75, 3.05) is 19.8 Å². The number of thiophene rings is 1. The van der Waals surface area contributed by atoms with Crippen LogP contribution in [0.3, 0.4) is 0 Å². The zero-order chi connectivity index (χ0) is 16.5. The largest absolute Gasteiger partial charge is 0.377 e. The maximum absolute atomic E-state index is 13.0. The summed E-state index contributed by atoms with van der Waals surface area (Å²) in [6.45, 7) is 1.56. The van der Waals surface area contributed by atoms with Gasteiger partial charge in [-0.3, -0.25) is 9.59 Å². The van der Waals surface area contributed by atoms with E-state index in [9.17, 15) is 9.59 Å². The summed E-state index contributed by atoms with van der Waals surface area (Å²) < 4.78 is 5.54. The SMILES string of the molecule is O=C(C[C@@H]1COCCN1C(=O)[C@H]1Cc2ccccc21)c1cccs1. The standard InChI is InChI=1S/C19H19NO3S/c21-17(18-6-3-9-24-18)11-14-12-23-8-7-20(14)19(22)16-10-13-4-1-2-5-15(13)16/h1-6,9,14,16H,7-8,10-12H2/t14-,16+/m1/s1. The Kier molecular flexibility index (Phi) is 4.21. The third kappa shape index (κ3) is 2.78. The average Bonchev–Trinajstić information content (AvgIpc) is 3.11. The van der Waals surface area contributed by atoms with Gasteiger partial charge in [0.15, 0.2) is 5.78 Å². The molecule has 124 valence electrons. The zero-order valence-corrected chi connectivity index (χ0v) is 14.1. The van der Waals surface area contributed by atoms with Crippen LogP contribution in [0.1, 0.15) is 33.1 Å². The first kappa shape index (κ1) is 15.5. The number of carbonyl (C=O) groups is 2. The second-order valence-corrected chi connectivity index (χ2v) is 7.27. The van der Waals surface area contributed by atoms with Crippen LogP contribution in [0.2, 0.25) is 0 Å². The van der Waals surface area contributed by atoms with Crippen LogP contribution >= 0.6 is 11.3 Å². The van der Waals surface area contributed by atoms with E-state index in [4.69, 9.17) is 4.74 Å². The van der Waals surface area contributed by atoms with Crippen molar-refractivity contribution in [1.29, 1.82) is 0 Å². The van der Waals surface area contributed by atoms with Gasteiger partial charge in [0.25, 0.3) is 0 Å². The molecular formula is C19H19NO3S. The Morgan fingerprint density at radius 3 is 2.88 bits per heavy atom. The third-order valence-electron chi connectivity index (χ3n) is 4.88. The van der Waals surface area contributed by atoms with E-state index in [1.807, 2.05) is 40.6 Å². The van der Waals surface area contributed by atoms with E-state index >= 15 is 0 Å². The van der Waals surface area contributed by atoms with E-state index in [2.05, 4.69) is 6.07 Å². The molecule has 4 nitrogen and oxygen atoms in total. The van der Waals surface area contributed by atoms with Gasteiger partial charge in [-0.1, -0.05) is 30.3 Å². The first-order valence-electron chi connectivity index (χ1n) is 8.27. The number of hydrogen-bond acceptors (Lipinski definition) is 4. The molecular weight excluding hydrogens is 322 g/mol. The molecule has 2 atom stereocenters. The van der Waals surface area contributed by atoms with Gasteiger partial charge < -0.3 is 9.64 Å². The van der Waals surface area contributed by atoms with Crippen molar-refractivity contribution in [1.82, 2.24) is 4.90 Å². The highest BCUT2D eigenvalue weighted by Gasteiger charge is 2.38. The highest BCUT2D eigenvalue weighted by Crippen LogP contribution is 2.37. The van der Waals surface area contributed by atoms with Crippen LogP contribution in [-0.2, 0) is 16.0 Å². The predicted molar refractivity (Wildman–Crippen MR) is 92.5 cm³/mol. The highest BCUT2D eigenvalue weighted by molar-refractivity contribution is 7.12. The molecule has 1 saturated heterocycles. The summed E-state index contributed by atoms with van der Waals surface area (Å²) >= 11 is 1.45. The molecule has 1 amide bonds. The van der Waals surface area contributed by atoms with Crippen molar-refractivity contribution < 1.29 is 14.3 Å². The van der Waals surface area contributed by atoms with Crippen LogP contribution in [0, 0.1) is 0 Å². The smallest absolute Gasteiger partial charge is 0.230 e. The van der Waals surface area contributed by atoms with Crippen LogP contribution in [0.25, 0.3) is 0 Å². The fourth-order valence-corrected chi connectivity index (χ4v) is 4.22. The number of morpholine rings is 1. The number of rotatable bonds is 4. The van der Waals surface area contributed by atoms with E-state index < -0.39 is 0 Å². The van der Waals surface area contributed by atoms with E-state index in [1.165, 1.54) is 16.9 Å². The van der Waals surface area contributed by atoms with Crippen LogP contribution in [0.4, 0.5) is 0 Å². The van der Waals surface area contributed by atoms with Gasteiger partial charge in [-0.15, -0.1) is 11.3 Å². The summed E-state index contributed by atoms with van der Waals surface area (Å²) in [6.07, 6.45) is 1.14. The number of benzene rings is 1. The lowest BCUT2D eigenvalue weighted by Crippen LogP contribution is -2.52. The predicted octanol–water partition coefficient (Wildman–Crippen LogP) is 2.89. The molecule has 1 aliphatic heterocycles. The number of amides is 1. The van der Waals surface area contributed by atoms with Crippen molar-refractivity contribution in [2.45, 2.75) is 24.8 Å². The minimum absolute atomic E-state index is 0.0568. The van der Waals surface area contributed by atoms with E-state index in [0.29, 0.717) is 26.2 Å². The molecule has 5 heteroatoms. The van der Waals surface area contributed by atoms with Gasteiger partial charge in [0, 0.05) is 13.0 Å². The topological polar surface area (TPSA) is 46.6 Å². The van der Waals surface area contributed by atoms with Crippen LogP contribution in [0.15, 0.2) is 41.8 Å². The molecule has 24 heavy (non-hydrogen) atoms. The Balaban J connectivity index is 1.48. The molecule has 1 aliphatic carbocycles. The summed E-state index contributed by atoms with van der Waals surface area (Å²) in [5, 5.41) is 1.90. The first-order valence-corrected chi connectivity index (χ1v) is 9.15. The monoisotopic (exact) mass is 341 g/mol. The lowest BCUT2D eigenvalue weighted by Gasteiger charge is -2.40. The molecule has 0 spiro atoms. The molecule has 1 fully saturated rings. The van der Waals surface area contributed by atoms with Crippen molar-refractivity contribution in [3.05, 3.63) is 57.8 Å². The van der Waals surface area contributed by atoms with Crippen LogP contribution in [0.5, 0.6) is 0 Å². The van der Waals surface area contributed by atoms with Crippen molar-refractivity contribution >= 4 is 23.0 Å². The molecule has 1 aromatic heterocycles.